The van der Waals surface area contributed by atoms with E-state index in [9.17, 15) is 4.79 Å². The maximum absolute atomic E-state index is 11.8. The van der Waals surface area contributed by atoms with Gasteiger partial charge < -0.3 is 0 Å². The number of aromatic amines is 1. The van der Waals surface area contributed by atoms with Crippen molar-refractivity contribution in [2.75, 3.05) is 0 Å². The summed E-state index contributed by atoms with van der Waals surface area (Å²) < 4.78 is 0. The van der Waals surface area contributed by atoms with Gasteiger partial charge in [0, 0.05) is 22.5 Å². The van der Waals surface area contributed by atoms with Crippen molar-refractivity contribution in [3.05, 3.63) is 71.1 Å². The van der Waals surface area contributed by atoms with Crippen LogP contribution in [0.3, 0.4) is 0 Å². The summed E-state index contributed by atoms with van der Waals surface area (Å²) in [6, 6.07) is 17.4. The van der Waals surface area contributed by atoms with Crippen molar-refractivity contribution in [1.29, 1.82) is 0 Å². The van der Waals surface area contributed by atoms with Crippen LogP contribution in [0.2, 0.25) is 0 Å². The Bertz CT molecular complexity index is 1020. The van der Waals surface area contributed by atoms with Crippen molar-refractivity contribution in [3.8, 4) is 11.3 Å². The van der Waals surface area contributed by atoms with Gasteiger partial charge in [-0.1, -0.05) is 36.4 Å². The average Bonchev–Trinajstić information content (AvgIpc) is 2.55. The highest BCUT2D eigenvalue weighted by molar-refractivity contribution is 5.95. The predicted molar refractivity (Wildman–Crippen MR) is 83.1 cm³/mol. The van der Waals surface area contributed by atoms with E-state index in [-0.39, 0.29) is 5.56 Å². The normalized spacial score (nSPS) is 11.0. The number of rotatable bonds is 1. The second kappa shape index (κ2) is 4.52. The van der Waals surface area contributed by atoms with E-state index in [0.29, 0.717) is 5.39 Å². The molecule has 0 bridgehead atoms. The minimum Gasteiger partial charge on any atom is -0.267 e. The van der Waals surface area contributed by atoms with Gasteiger partial charge in [-0.05, 0) is 18.2 Å². The molecule has 0 aliphatic rings. The fourth-order valence-electron chi connectivity index (χ4n) is 2.54. The number of H-pyrrole nitrogens is 1. The topological polar surface area (TPSA) is 58.6 Å². The Kier molecular flexibility index (Phi) is 2.54. The zero-order chi connectivity index (χ0) is 14.2. The maximum atomic E-state index is 11.8. The standard InChI is InChI=1S/C17H11N3O/c21-17-14-7-3-2-6-13(14)16(19-20-17)12-9-11-5-1-4-8-15(11)18-10-12/h1-10H,(H,20,21). The molecule has 4 heteroatoms. The highest BCUT2D eigenvalue weighted by Crippen LogP contribution is 2.25. The molecule has 0 atom stereocenters. The molecule has 0 aliphatic carbocycles. The summed E-state index contributed by atoms with van der Waals surface area (Å²) in [5.74, 6) is 0. The molecule has 2 aromatic carbocycles. The van der Waals surface area contributed by atoms with E-state index in [2.05, 4.69) is 15.2 Å². The van der Waals surface area contributed by atoms with E-state index >= 15 is 0 Å². The van der Waals surface area contributed by atoms with Crippen LogP contribution in [0.1, 0.15) is 0 Å². The lowest BCUT2D eigenvalue weighted by molar-refractivity contribution is 1.02. The number of aromatic nitrogens is 3. The van der Waals surface area contributed by atoms with Crippen LogP contribution in [-0.4, -0.2) is 15.2 Å². The zero-order valence-corrected chi connectivity index (χ0v) is 11.1. The first-order chi connectivity index (χ1) is 10.3. The number of nitrogens with one attached hydrogen (secondary N) is 1. The molecule has 2 heterocycles. The molecule has 4 rings (SSSR count). The molecule has 4 aromatic rings. The first kappa shape index (κ1) is 11.8. The Hall–Kier alpha value is -3.01. The van der Waals surface area contributed by atoms with E-state index in [1.807, 2.05) is 48.5 Å². The predicted octanol–water partition coefficient (Wildman–Crippen LogP) is 3.14. The minimum absolute atomic E-state index is 0.178. The summed E-state index contributed by atoms with van der Waals surface area (Å²) in [4.78, 5) is 16.3. The van der Waals surface area contributed by atoms with Gasteiger partial charge in [0.2, 0.25) is 0 Å². The smallest absolute Gasteiger partial charge is 0.267 e. The molecule has 0 saturated heterocycles. The van der Waals surface area contributed by atoms with Crippen LogP contribution < -0.4 is 5.56 Å². The molecule has 4 nitrogen and oxygen atoms in total. The van der Waals surface area contributed by atoms with E-state index in [1.165, 1.54) is 0 Å². The van der Waals surface area contributed by atoms with Crippen LogP contribution in [-0.2, 0) is 0 Å². The molecule has 0 unspecified atom stereocenters. The van der Waals surface area contributed by atoms with Crippen molar-refractivity contribution >= 4 is 21.7 Å². The summed E-state index contributed by atoms with van der Waals surface area (Å²) in [6.45, 7) is 0. The van der Waals surface area contributed by atoms with Gasteiger partial charge in [0.15, 0.2) is 0 Å². The summed E-state index contributed by atoms with van der Waals surface area (Å²) >= 11 is 0. The van der Waals surface area contributed by atoms with E-state index in [0.717, 1.165) is 27.5 Å². The Morgan fingerprint density at radius 1 is 0.905 bits per heavy atom. The number of hydrogen-bond acceptors (Lipinski definition) is 3. The molecule has 0 radical (unpaired) electrons. The Morgan fingerprint density at radius 3 is 2.57 bits per heavy atom. The lowest BCUT2D eigenvalue weighted by atomic mass is 10.1. The molecule has 0 amide bonds. The molecule has 0 aliphatic heterocycles. The molecule has 1 N–H and O–H groups in total. The zero-order valence-electron chi connectivity index (χ0n) is 11.1. The quantitative estimate of drug-likeness (QED) is 0.579. The summed E-state index contributed by atoms with van der Waals surface area (Å²) in [6.07, 6.45) is 1.79. The van der Waals surface area contributed by atoms with Crippen molar-refractivity contribution < 1.29 is 0 Å². The first-order valence-corrected chi connectivity index (χ1v) is 6.65. The third kappa shape index (κ3) is 1.89. The molecular weight excluding hydrogens is 262 g/mol. The Labute approximate surface area is 120 Å². The van der Waals surface area contributed by atoms with E-state index in [1.54, 1.807) is 12.3 Å². The minimum atomic E-state index is -0.178. The van der Waals surface area contributed by atoms with Crippen LogP contribution in [0.4, 0.5) is 0 Å². The average molecular weight is 273 g/mol. The van der Waals surface area contributed by atoms with Crippen LogP contribution in [0.5, 0.6) is 0 Å². The largest absolute Gasteiger partial charge is 0.272 e. The van der Waals surface area contributed by atoms with E-state index in [4.69, 9.17) is 0 Å². The van der Waals surface area contributed by atoms with Gasteiger partial charge >= 0.3 is 0 Å². The summed E-state index contributed by atoms with van der Waals surface area (Å²) in [5, 5.41) is 9.28. The molecule has 21 heavy (non-hydrogen) atoms. The third-order valence-electron chi connectivity index (χ3n) is 3.56. The highest BCUT2D eigenvalue weighted by Gasteiger charge is 2.09. The van der Waals surface area contributed by atoms with Gasteiger partial charge in [0.05, 0.1) is 10.9 Å². The Balaban J connectivity index is 2.04. The van der Waals surface area contributed by atoms with Crippen molar-refractivity contribution in [1.82, 2.24) is 15.2 Å². The Morgan fingerprint density at radius 2 is 1.67 bits per heavy atom. The second-order valence-corrected chi connectivity index (χ2v) is 4.86. The molecular formula is C17H11N3O. The van der Waals surface area contributed by atoms with Crippen molar-refractivity contribution in [3.63, 3.8) is 0 Å². The van der Waals surface area contributed by atoms with Gasteiger partial charge in [0.25, 0.3) is 5.56 Å². The fraction of sp³-hybridized carbons (Fsp3) is 0. The first-order valence-electron chi connectivity index (χ1n) is 6.65. The molecule has 0 saturated carbocycles. The number of nitrogens with zero attached hydrogens (tertiary/aromatic N) is 2. The van der Waals surface area contributed by atoms with Crippen molar-refractivity contribution in [2.24, 2.45) is 0 Å². The molecule has 100 valence electrons. The molecule has 0 fully saturated rings. The number of pyridine rings is 1. The van der Waals surface area contributed by atoms with Gasteiger partial charge in [-0.15, -0.1) is 0 Å². The number of hydrogen-bond donors (Lipinski definition) is 1. The summed E-state index contributed by atoms with van der Waals surface area (Å²) in [5.41, 5.74) is 2.39. The van der Waals surface area contributed by atoms with Crippen LogP contribution in [0.15, 0.2) is 65.6 Å². The SMILES string of the molecule is O=c1[nH]nc(-c2cnc3ccccc3c2)c2ccccc12. The number of para-hydroxylation sites is 1. The number of fused-ring (bicyclic) bond motifs is 2. The third-order valence-corrected chi connectivity index (χ3v) is 3.56. The lowest BCUT2D eigenvalue weighted by Gasteiger charge is -2.05. The van der Waals surface area contributed by atoms with Gasteiger partial charge in [0.1, 0.15) is 5.69 Å². The van der Waals surface area contributed by atoms with Crippen LogP contribution in [0.25, 0.3) is 32.9 Å². The van der Waals surface area contributed by atoms with Crippen LogP contribution >= 0.6 is 0 Å². The lowest BCUT2D eigenvalue weighted by Crippen LogP contribution is -2.09. The monoisotopic (exact) mass is 273 g/mol. The highest BCUT2D eigenvalue weighted by atomic mass is 16.1. The number of benzene rings is 2. The van der Waals surface area contributed by atoms with Gasteiger partial charge in [-0.25, -0.2) is 5.10 Å². The maximum Gasteiger partial charge on any atom is 0.272 e. The van der Waals surface area contributed by atoms with E-state index < -0.39 is 0 Å². The second-order valence-electron chi connectivity index (χ2n) is 4.86. The fourth-order valence-corrected chi connectivity index (χ4v) is 2.54. The van der Waals surface area contributed by atoms with Gasteiger partial charge in [-0.2, -0.15) is 5.10 Å². The summed E-state index contributed by atoms with van der Waals surface area (Å²) in [7, 11) is 0. The molecule has 0 spiro atoms. The van der Waals surface area contributed by atoms with Crippen molar-refractivity contribution in [2.45, 2.75) is 0 Å². The molecule has 2 aromatic heterocycles. The van der Waals surface area contributed by atoms with Gasteiger partial charge in [-0.3, -0.25) is 9.78 Å². The van der Waals surface area contributed by atoms with Crippen LogP contribution in [0, 0.1) is 0 Å².